The quantitative estimate of drug-likeness (QED) is 0.400. The van der Waals surface area contributed by atoms with Crippen molar-refractivity contribution in [3.63, 3.8) is 0 Å². The van der Waals surface area contributed by atoms with Gasteiger partial charge >= 0.3 is 0 Å². The Morgan fingerprint density at radius 2 is 2.19 bits per heavy atom. The molecule has 1 aliphatic rings. The number of halogens is 1. The smallest absolute Gasteiger partial charge is 0.272 e. The maximum absolute atomic E-state index is 13.1. The van der Waals surface area contributed by atoms with Gasteiger partial charge in [-0.3, -0.25) is 18.6 Å². The summed E-state index contributed by atoms with van der Waals surface area (Å²) in [5.41, 5.74) is 1.53. The molecule has 5 rings (SSSR count). The van der Waals surface area contributed by atoms with E-state index in [9.17, 15) is 9.59 Å². The zero-order valence-electron chi connectivity index (χ0n) is 17.0. The van der Waals surface area contributed by atoms with Crippen LogP contribution in [-0.4, -0.2) is 43.5 Å². The molecule has 32 heavy (non-hydrogen) atoms. The summed E-state index contributed by atoms with van der Waals surface area (Å²) in [7, 11) is 0. The molecule has 0 bridgehead atoms. The molecule has 4 aromatic rings. The van der Waals surface area contributed by atoms with E-state index < -0.39 is 0 Å². The minimum absolute atomic E-state index is 0.00250. The van der Waals surface area contributed by atoms with Gasteiger partial charge in [-0.15, -0.1) is 21.5 Å². The number of fused-ring (bicyclic) bond motifs is 3. The molecule has 1 saturated heterocycles. The maximum atomic E-state index is 13.1. The molecule has 0 radical (unpaired) electrons. The van der Waals surface area contributed by atoms with E-state index in [1.54, 1.807) is 10.6 Å². The first-order valence-corrected chi connectivity index (χ1v) is 12.5. The number of nitrogens with zero attached hydrogens (tertiary/aromatic N) is 4. The molecule has 0 saturated carbocycles. The molecule has 1 N–H and O–H groups in total. The van der Waals surface area contributed by atoms with Gasteiger partial charge < -0.3 is 10.1 Å². The Labute approximate surface area is 196 Å². The minimum atomic E-state index is -0.138. The number of benzene rings is 1. The molecular weight excluding hydrogens is 470 g/mol. The summed E-state index contributed by atoms with van der Waals surface area (Å²) in [6.07, 6.45) is 1.91. The molecule has 8 nitrogen and oxygen atoms in total. The second-order valence-corrected chi connectivity index (χ2v) is 9.73. The van der Waals surface area contributed by atoms with E-state index in [1.807, 2.05) is 34.0 Å². The molecule has 1 atom stereocenters. The van der Waals surface area contributed by atoms with Gasteiger partial charge in [-0.25, -0.2) is 0 Å². The standard InChI is InChI=1S/C21H20ClN5O3S2/c22-15-6-2-1-4-13(15)10-23-17(28)12-32-21-25-24-20-26(11-14-5-3-8-30-14)19(29)18-16(27(20)21)7-9-31-18/h1-2,4,6-7,9,14H,3,5,8,10-12H2,(H,23,28). The van der Waals surface area contributed by atoms with Crippen molar-refractivity contribution in [2.75, 3.05) is 12.4 Å². The van der Waals surface area contributed by atoms with Crippen LogP contribution in [0.3, 0.4) is 0 Å². The van der Waals surface area contributed by atoms with Gasteiger partial charge in [0.2, 0.25) is 11.7 Å². The number of amides is 1. The molecule has 1 aromatic carbocycles. The van der Waals surface area contributed by atoms with Gasteiger partial charge in [0.05, 0.1) is 23.9 Å². The third-order valence-electron chi connectivity index (χ3n) is 5.36. The van der Waals surface area contributed by atoms with Crippen LogP contribution in [0, 0.1) is 0 Å². The normalized spacial score (nSPS) is 16.2. The van der Waals surface area contributed by atoms with Crippen molar-refractivity contribution in [3.8, 4) is 0 Å². The van der Waals surface area contributed by atoms with E-state index in [-0.39, 0.29) is 23.3 Å². The highest BCUT2D eigenvalue weighted by molar-refractivity contribution is 7.99. The van der Waals surface area contributed by atoms with Crippen LogP contribution in [0.4, 0.5) is 0 Å². The average molecular weight is 490 g/mol. The third kappa shape index (κ3) is 4.15. The molecule has 0 spiro atoms. The van der Waals surface area contributed by atoms with Crippen LogP contribution in [0.25, 0.3) is 16.0 Å². The molecule has 166 valence electrons. The fraction of sp³-hybridized carbons (Fsp3) is 0.333. The summed E-state index contributed by atoms with van der Waals surface area (Å²) in [5.74, 6) is 0.498. The Morgan fingerprint density at radius 1 is 1.31 bits per heavy atom. The van der Waals surface area contributed by atoms with Gasteiger partial charge in [-0.2, -0.15) is 0 Å². The maximum Gasteiger partial charge on any atom is 0.272 e. The Bertz CT molecular complexity index is 1340. The van der Waals surface area contributed by atoms with E-state index in [0.717, 1.165) is 23.9 Å². The SMILES string of the molecule is O=C(CSc1nnc2n(CC3CCCO3)c(=O)c3sccc3n12)NCc1ccccc1Cl. The number of ether oxygens (including phenoxy) is 1. The topological polar surface area (TPSA) is 90.5 Å². The van der Waals surface area contributed by atoms with E-state index in [2.05, 4.69) is 15.5 Å². The molecule has 0 aliphatic carbocycles. The van der Waals surface area contributed by atoms with Crippen LogP contribution in [0.1, 0.15) is 18.4 Å². The van der Waals surface area contributed by atoms with Crippen LogP contribution in [0.15, 0.2) is 45.7 Å². The predicted octanol–water partition coefficient (Wildman–Crippen LogP) is 3.35. The van der Waals surface area contributed by atoms with Gasteiger partial charge in [-0.1, -0.05) is 41.6 Å². The van der Waals surface area contributed by atoms with Crippen molar-refractivity contribution in [1.82, 2.24) is 24.5 Å². The Balaban J connectivity index is 1.37. The number of hydrogen-bond acceptors (Lipinski definition) is 7. The minimum Gasteiger partial charge on any atom is -0.376 e. The molecule has 1 unspecified atom stereocenters. The average Bonchev–Trinajstić information content (AvgIpc) is 3.55. The second-order valence-electron chi connectivity index (χ2n) is 7.46. The first-order chi connectivity index (χ1) is 15.6. The van der Waals surface area contributed by atoms with Crippen molar-refractivity contribution in [1.29, 1.82) is 0 Å². The number of carbonyl (C=O) groups excluding carboxylic acids is 1. The van der Waals surface area contributed by atoms with Crippen LogP contribution >= 0.6 is 34.7 Å². The number of rotatable bonds is 7. The van der Waals surface area contributed by atoms with Crippen molar-refractivity contribution in [2.24, 2.45) is 0 Å². The Kier molecular flexibility index (Phi) is 6.18. The van der Waals surface area contributed by atoms with Crippen molar-refractivity contribution in [2.45, 2.75) is 37.2 Å². The lowest BCUT2D eigenvalue weighted by Gasteiger charge is -2.13. The zero-order valence-corrected chi connectivity index (χ0v) is 19.4. The summed E-state index contributed by atoms with van der Waals surface area (Å²) in [4.78, 5) is 25.5. The van der Waals surface area contributed by atoms with E-state index >= 15 is 0 Å². The highest BCUT2D eigenvalue weighted by Crippen LogP contribution is 2.25. The van der Waals surface area contributed by atoms with Crippen LogP contribution in [0.2, 0.25) is 5.02 Å². The van der Waals surface area contributed by atoms with E-state index in [4.69, 9.17) is 16.3 Å². The van der Waals surface area contributed by atoms with Crippen molar-refractivity contribution < 1.29 is 9.53 Å². The second kappa shape index (κ2) is 9.22. The number of nitrogens with one attached hydrogen (secondary N) is 1. The van der Waals surface area contributed by atoms with E-state index in [1.165, 1.54) is 23.1 Å². The van der Waals surface area contributed by atoms with Crippen LogP contribution < -0.4 is 10.9 Å². The fourth-order valence-electron chi connectivity index (χ4n) is 3.77. The third-order valence-corrected chi connectivity index (χ3v) is 7.55. The van der Waals surface area contributed by atoms with Crippen LogP contribution in [-0.2, 0) is 22.6 Å². The monoisotopic (exact) mass is 489 g/mol. The van der Waals surface area contributed by atoms with Gasteiger partial charge in [0.1, 0.15) is 4.70 Å². The summed E-state index contributed by atoms with van der Waals surface area (Å²) in [5, 5.41) is 14.5. The summed E-state index contributed by atoms with van der Waals surface area (Å²) >= 11 is 8.83. The molecular formula is C21H20ClN5O3S2. The Hall–Kier alpha value is -2.40. The predicted molar refractivity (Wildman–Crippen MR) is 126 cm³/mol. The summed E-state index contributed by atoms with van der Waals surface area (Å²) < 4.78 is 9.87. The number of thioether (sulfide) groups is 1. The molecule has 3 aromatic heterocycles. The first kappa shape index (κ1) is 21.4. The zero-order chi connectivity index (χ0) is 22.1. The Morgan fingerprint density at radius 3 is 3.00 bits per heavy atom. The number of aromatic nitrogens is 4. The lowest BCUT2D eigenvalue weighted by atomic mass is 10.2. The van der Waals surface area contributed by atoms with Crippen molar-refractivity contribution in [3.05, 3.63) is 56.7 Å². The fourth-order valence-corrected chi connectivity index (χ4v) is 5.56. The van der Waals surface area contributed by atoms with Gasteiger partial charge in [0, 0.05) is 18.2 Å². The molecule has 11 heteroatoms. The van der Waals surface area contributed by atoms with Gasteiger partial charge in [0.25, 0.3) is 5.56 Å². The molecule has 4 heterocycles. The van der Waals surface area contributed by atoms with Crippen molar-refractivity contribution >= 4 is 56.6 Å². The lowest BCUT2D eigenvalue weighted by molar-refractivity contribution is -0.118. The number of carbonyl (C=O) groups is 1. The summed E-state index contributed by atoms with van der Waals surface area (Å²) in [6.45, 7) is 1.51. The lowest BCUT2D eigenvalue weighted by Crippen LogP contribution is -2.28. The van der Waals surface area contributed by atoms with Gasteiger partial charge in [0.15, 0.2) is 5.16 Å². The highest BCUT2D eigenvalue weighted by atomic mass is 35.5. The highest BCUT2D eigenvalue weighted by Gasteiger charge is 2.22. The molecule has 1 amide bonds. The number of thiophene rings is 1. The molecule has 1 aliphatic heterocycles. The number of hydrogen-bond donors (Lipinski definition) is 1. The van der Waals surface area contributed by atoms with E-state index in [0.29, 0.717) is 40.4 Å². The molecule has 1 fully saturated rings. The van der Waals surface area contributed by atoms with Gasteiger partial charge in [-0.05, 0) is 35.9 Å². The largest absolute Gasteiger partial charge is 0.376 e. The summed E-state index contributed by atoms with van der Waals surface area (Å²) in [6, 6.07) is 9.29. The first-order valence-electron chi connectivity index (χ1n) is 10.2. The van der Waals surface area contributed by atoms with Crippen LogP contribution in [0.5, 0.6) is 0 Å².